The van der Waals surface area contributed by atoms with Crippen LogP contribution in [0.5, 0.6) is 5.75 Å². The van der Waals surface area contributed by atoms with Gasteiger partial charge in [0, 0.05) is 18.8 Å². The molecular weight excluding hydrogens is 316 g/mol. The molecule has 0 aliphatic heterocycles. The Bertz CT molecular complexity index is 629. The Labute approximate surface area is 149 Å². The fraction of sp³-hybridized carbons (Fsp3) is 0.350. The molecule has 0 heterocycles. The second-order valence-electron chi connectivity index (χ2n) is 5.78. The summed E-state index contributed by atoms with van der Waals surface area (Å²) in [5, 5.41) is 2.90. The molecule has 134 valence electrons. The monoisotopic (exact) mass is 342 g/mol. The van der Waals surface area contributed by atoms with Crippen molar-refractivity contribution in [1.29, 1.82) is 0 Å². The summed E-state index contributed by atoms with van der Waals surface area (Å²) in [6.45, 7) is 4.80. The highest BCUT2D eigenvalue weighted by Gasteiger charge is 2.07. The summed E-state index contributed by atoms with van der Waals surface area (Å²) in [4.78, 5) is 14.1. The molecule has 0 atom stereocenters. The molecule has 25 heavy (non-hydrogen) atoms. The zero-order valence-corrected chi connectivity index (χ0v) is 14.9. The fourth-order valence-electron chi connectivity index (χ4n) is 2.39. The topological polar surface area (TPSA) is 50.8 Å². The SMILES string of the molecule is CCOCCOc1ccc(NC(=O)CN(C)Cc2ccccc2)cc1. The van der Waals surface area contributed by atoms with Gasteiger partial charge in [-0.25, -0.2) is 0 Å². The molecule has 5 heteroatoms. The van der Waals surface area contributed by atoms with E-state index in [9.17, 15) is 4.79 Å². The second-order valence-corrected chi connectivity index (χ2v) is 5.78. The van der Waals surface area contributed by atoms with Gasteiger partial charge in [0.1, 0.15) is 12.4 Å². The lowest BCUT2D eigenvalue weighted by Crippen LogP contribution is -2.29. The summed E-state index contributed by atoms with van der Waals surface area (Å²) >= 11 is 0. The minimum atomic E-state index is -0.0385. The van der Waals surface area contributed by atoms with Crippen LogP contribution >= 0.6 is 0 Å². The van der Waals surface area contributed by atoms with E-state index in [1.807, 2.05) is 61.3 Å². The molecule has 2 aromatic rings. The maximum Gasteiger partial charge on any atom is 0.238 e. The molecule has 2 aromatic carbocycles. The molecule has 0 aliphatic rings. The Morgan fingerprint density at radius 2 is 1.76 bits per heavy atom. The van der Waals surface area contributed by atoms with E-state index >= 15 is 0 Å². The summed E-state index contributed by atoms with van der Waals surface area (Å²) in [5.41, 5.74) is 1.95. The van der Waals surface area contributed by atoms with Gasteiger partial charge in [-0.1, -0.05) is 30.3 Å². The second kappa shape index (κ2) is 10.5. The summed E-state index contributed by atoms with van der Waals surface area (Å²) in [7, 11) is 1.93. The van der Waals surface area contributed by atoms with Gasteiger partial charge in [0.25, 0.3) is 0 Å². The molecule has 0 unspecified atom stereocenters. The first kappa shape index (κ1) is 19.0. The van der Waals surface area contributed by atoms with Gasteiger partial charge in [-0.3, -0.25) is 9.69 Å². The lowest BCUT2D eigenvalue weighted by atomic mass is 10.2. The first-order chi connectivity index (χ1) is 12.2. The van der Waals surface area contributed by atoms with Crippen LogP contribution in [0, 0.1) is 0 Å². The van der Waals surface area contributed by atoms with Crippen molar-refractivity contribution in [2.45, 2.75) is 13.5 Å². The molecule has 0 bridgehead atoms. The Balaban J connectivity index is 1.74. The predicted molar refractivity (Wildman–Crippen MR) is 99.8 cm³/mol. The molecule has 0 saturated heterocycles. The van der Waals surface area contributed by atoms with Crippen molar-refractivity contribution in [1.82, 2.24) is 4.90 Å². The molecule has 0 aromatic heterocycles. The first-order valence-corrected chi connectivity index (χ1v) is 8.50. The molecule has 0 aliphatic carbocycles. The average molecular weight is 342 g/mol. The number of carbonyl (C=O) groups excluding carboxylic acids is 1. The lowest BCUT2D eigenvalue weighted by Gasteiger charge is -2.16. The molecule has 2 rings (SSSR count). The van der Waals surface area contributed by atoms with Crippen molar-refractivity contribution in [3.05, 3.63) is 60.2 Å². The number of nitrogens with zero attached hydrogens (tertiary/aromatic N) is 1. The van der Waals surface area contributed by atoms with Crippen molar-refractivity contribution >= 4 is 11.6 Å². The van der Waals surface area contributed by atoms with Gasteiger partial charge < -0.3 is 14.8 Å². The predicted octanol–water partition coefficient (Wildman–Crippen LogP) is 3.17. The summed E-state index contributed by atoms with van der Waals surface area (Å²) in [5.74, 6) is 0.724. The Hall–Kier alpha value is -2.37. The largest absolute Gasteiger partial charge is 0.491 e. The van der Waals surface area contributed by atoms with Crippen LogP contribution in [0.25, 0.3) is 0 Å². The van der Waals surface area contributed by atoms with Crippen molar-refractivity contribution in [3.63, 3.8) is 0 Å². The van der Waals surface area contributed by atoms with Crippen molar-refractivity contribution < 1.29 is 14.3 Å². The number of likely N-dealkylation sites (N-methyl/N-ethyl adjacent to an activating group) is 1. The van der Waals surface area contributed by atoms with Crippen molar-refractivity contribution in [2.24, 2.45) is 0 Å². The third-order valence-corrected chi connectivity index (χ3v) is 3.55. The van der Waals surface area contributed by atoms with Crippen LogP contribution in [0.1, 0.15) is 12.5 Å². The van der Waals surface area contributed by atoms with Crippen LogP contribution < -0.4 is 10.1 Å². The van der Waals surface area contributed by atoms with Gasteiger partial charge in [-0.2, -0.15) is 0 Å². The summed E-state index contributed by atoms with van der Waals surface area (Å²) < 4.78 is 10.8. The molecule has 0 radical (unpaired) electrons. The third kappa shape index (κ3) is 7.37. The zero-order chi connectivity index (χ0) is 17.9. The maximum absolute atomic E-state index is 12.1. The summed E-state index contributed by atoms with van der Waals surface area (Å²) in [6.07, 6.45) is 0. The van der Waals surface area contributed by atoms with Gasteiger partial charge in [0.05, 0.1) is 13.2 Å². The van der Waals surface area contributed by atoms with E-state index in [-0.39, 0.29) is 5.91 Å². The maximum atomic E-state index is 12.1. The van der Waals surface area contributed by atoms with Crippen molar-refractivity contribution in [3.8, 4) is 5.75 Å². The molecule has 0 spiro atoms. The molecule has 5 nitrogen and oxygen atoms in total. The number of rotatable bonds is 10. The van der Waals surface area contributed by atoms with Crippen LogP contribution in [-0.4, -0.2) is 44.2 Å². The normalized spacial score (nSPS) is 10.7. The van der Waals surface area contributed by atoms with E-state index in [2.05, 4.69) is 17.4 Å². The van der Waals surface area contributed by atoms with E-state index < -0.39 is 0 Å². The van der Waals surface area contributed by atoms with Crippen LogP contribution in [0.2, 0.25) is 0 Å². The highest BCUT2D eigenvalue weighted by Crippen LogP contribution is 2.15. The quantitative estimate of drug-likeness (QED) is 0.674. The molecule has 0 fully saturated rings. The van der Waals surface area contributed by atoms with Gasteiger partial charge in [-0.05, 0) is 43.8 Å². The van der Waals surface area contributed by atoms with E-state index in [1.165, 1.54) is 5.56 Å². The minimum absolute atomic E-state index is 0.0385. The average Bonchev–Trinajstić information content (AvgIpc) is 2.61. The van der Waals surface area contributed by atoms with E-state index in [0.29, 0.717) is 26.4 Å². The van der Waals surface area contributed by atoms with E-state index in [1.54, 1.807) is 0 Å². The smallest absolute Gasteiger partial charge is 0.238 e. The van der Waals surface area contributed by atoms with Crippen molar-refractivity contribution in [2.75, 3.05) is 38.7 Å². The number of nitrogens with one attached hydrogen (secondary N) is 1. The van der Waals surface area contributed by atoms with Crippen LogP contribution in [0.3, 0.4) is 0 Å². The Morgan fingerprint density at radius 3 is 2.44 bits per heavy atom. The van der Waals surface area contributed by atoms with Crippen LogP contribution in [-0.2, 0) is 16.1 Å². The van der Waals surface area contributed by atoms with Gasteiger partial charge in [0.15, 0.2) is 0 Å². The molecular formula is C20H26N2O3. The van der Waals surface area contributed by atoms with Crippen LogP contribution in [0.4, 0.5) is 5.69 Å². The third-order valence-electron chi connectivity index (χ3n) is 3.55. The number of ether oxygens (including phenoxy) is 2. The molecule has 1 amide bonds. The Morgan fingerprint density at radius 1 is 1.04 bits per heavy atom. The van der Waals surface area contributed by atoms with Crippen LogP contribution in [0.15, 0.2) is 54.6 Å². The highest BCUT2D eigenvalue weighted by atomic mass is 16.5. The van der Waals surface area contributed by atoms with Gasteiger partial charge in [0.2, 0.25) is 5.91 Å². The fourth-order valence-corrected chi connectivity index (χ4v) is 2.39. The van der Waals surface area contributed by atoms with E-state index in [0.717, 1.165) is 18.0 Å². The number of hydrogen-bond donors (Lipinski definition) is 1. The minimum Gasteiger partial charge on any atom is -0.491 e. The Kier molecular flexibility index (Phi) is 7.95. The molecule has 0 saturated carbocycles. The highest BCUT2D eigenvalue weighted by molar-refractivity contribution is 5.92. The van der Waals surface area contributed by atoms with Gasteiger partial charge in [-0.15, -0.1) is 0 Å². The number of carbonyl (C=O) groups is 1. The first-order valence-electron chi connectivity index (χ1n) is 8.50. The number of amides is 1. The lowest BCUT2D eigenvalue weighted by molar-refractivity contribution is -0.117. The van der Waals surface area contributed by atoms with Gasteiger partial charge >= 0.3 is 0 Å². The standard InChI is InChI=1S/C20H26N2O3/c1-3-24-13-14-25-19-11-9-18(10-12-19)21-20(23)16-22(2)15-17-7-5-4-6-8-17/h4-12H,3,13-16H2,1-2H3,(H,21,23). The number of anilines is 1. The van der Waals surface area contributed by atoms with E-state index in [4.69, 9.17) is 9.47 Å². The molecule has 1 N–H and O–H groups in total. The number of hydrogen-bond acceptors (Lipinski definition) is 4. The zero-order valence-electron chi connectivity index (χ0n) is 14.9. The summed E-state index contributed by atoms with van der Waals surface area (Å²) in [6, 6.07) is 17.5. The number of benzene rings is 2.